The van der Waals surface area contributed by atoms with E-state index in [9.17, 15) is 18.8 Å². The van der Waals surface area contributed by atoms with Gasteiger partial charge in [0.25, 0.3) is 0 Å². The minimum atomic E-state index is -0.827. The van der Waals surface area contributed by atoms with Crippen molar-refractivity contribution in [3.05, 3.63) is 29.6 Å². The minimum absolute atomic E-state index is 0.0505. The molecule has 2 amide bonds. The van der Waals surface area contributed by atoms with Crippen LogP contribution in [0, 0.1) is 5.82 Å². The second-order valence-electron chi connectivity index (χ2n) is 4.41. The van der Waals surface area contributed by atoms with Crippen molar-refractivity contribution in [1.29, 1.82) is 0 Å². The molecule has 0 bridgehead atoms. The molecule has 1 heterocycles. The largest absolute Gasteiger partial charge is 0.465 e. The van der Waals surface area contributed by atoms with Crippen LogP contribution in [0.25, 0.3) is 0 Å². The van der Waals surface area contributed by atoms with Gasteiger partial charge in [0.2, 0.25) is 11.8 Å². The van der Waals surface area contributed by atoms with Crippen molar-refractivity contribution in [3.63, 3.8) is 0 Å². The molecule has 1 aliphatic heterocycles. The molecule has 2 rings (SSSR count). The Morgan fingerprint density at radius 3 is 2.81 bits per heavy atom. The number of anilines is 1. The maximum Gasteiger partial charge on any atom is 0.340 e. The number of methoxy groups -OCH3 is 1. The molecule has 7 nitrogen and oxygen atoms in total. The zero-order valence-electron chi connectivity index (χ0n) is 11.2. The van der Waals surface area contributed by atoms with E-state index in [2.05, 4.69) is 20.7 Å². The van der Waals surface area contributed by atoms with Crippen molar-refractivity contribution >= 4 is 23.5 Å². The van der Waals surface area contributed by atoms with E-state index in [0.29, 0.717) is 0 Å². The van der Waals surface area contributed by atoms with E-state index in [1.165, 1.54) is 12.1 Å². The highest BCUT2D eigenvalue weighted by Crippen LogP contribution is 2.16. The summed E-state index contributed by atoms with van der Waals surface area (Å²) in [6, 6.07) is 3.01. The van der Waals surface area contributed by atoms with Crippen molar-refractivity contribution < 1.29 is 23.5 Å². The first-order valence-electron chi connectivity index (χ1n) is 6.20. The molecule has 112 valence electrons. The maximum atomic E-state index is 13.5. The first-order valence-corrected chi connectivity index (χ1v) is 6.20. The van der Waals surface area contributed by atoms with Crippen molar-refractivity contribution in [2.75, 3.05) is 25.5 Å². The molecule has 21 heavy (non-hydrogen) atoms. The van der Waals surface area contributed by atoms with Crippen molar-refractivity contribution in [1.82, 2.24) is 10.6 Å². The third kappa shape index (κ3) is 3.54. The van der Waals surface area contributed by atoms with Crippen LogP contribution in [-0.2, 0) is 14.3 Å². The van der Waals surface area contributed by atoms with E-state index in [0.717, 1.165) is 13.2 Å². The Morgan fingerprint density at radius 2 is 2.19 bits per heavy atom. The smallest absolute Gasteiger partial charge is 0.340 e. The van der Waals surface area contributed by atoms with Crippen molar-refractivity contribution in [2.45, 2.75) is 6.04 Å². The van der Waals surface area contributed by atoms with Crippen LogP contribution in [0.1, 0.15) is 10.4 Å². The van der Waals surface area contributed by atoms with E-state index in [1.54, 1.807) is 0 Å². The molecule has 0 saturated carbocycles. The molecule has 0 spiro atoms. The molecule has 1 aromatic carbocycles. The van der Waals surface area contributed by atoms with Crippen LogP contribution in [0.4, 0.5) is 10.1 Å². The lowest BCUT2D eigenvalue weighted by Gasteiger charge is -2.23. The average Bonchev–Trinajstić information content (AvgIpc) is 2.49. The van der Waals surface area contributed by atoms with Crippen LogP contribution >= 0.6 is 0 Å². The van der Waals surface area contributed by atoms with Gasteiger partial charge in [0, 0.05) is 12.2 Å². The molecule has 1 unspecified atom stereocenters. The normalized spacial score (nSPS) is 17.8. The number of rotatable bonds is 3. The topological polar surface area (TPSA) is 96.5 Å². The molecule has 1 aliphatic rings. The third-order valence-electron chi connectivity index (χ3n) is 2.97. The van der Waals surface area contributed by atoms with Gasteiger partial charge in [-0.05, 0) is 18.2 Å². The molecule has 8 heteroatoms. The molecule has 0 radical (unpaired) electrons. The number of hydrogen-bond acceptors (Lipinski definition) is 5. The number of ether oxygens (including phenoxy) is 1. The average molecular weight is 295 g/mol. The van der Waals surface area contributed by atoms with Gasteiger partial charge in [-0.2, -0.15) is 0 Å². The number of nitrogens with one attached hydrogen (secondary N) is 3. The lowest BCUT2D eigenvalue weighted by Crippen LogP contribution is -2.56. The summed E-state index contributed by atoms with van der Waals surface area (Å²) in [4.78, 5) is 34.3. The molecule has 1 saturated heterocycles. The van der Waals surface area contributed by atoms with E-state index in [4.69, 9.17) is 0 Å². The van der Waals surface area contributed by atoms with Crippen LogP contribution in [0.15, 0.2) is 18.2 Å². The number of esters is 1. The van der Waals surface area contributed by atoms with Gasteiger partial charge in [-0.3, -0.25) is 14.9 Å². The fraction of sp³-hybridized carbons (Fsp3) is 0.308. The second kappa shape index (κ2) is 6.31. The van der Waals surface area contributed by atoms with E-state index >= 15 is 0 Å². The van der Waals surface area contributed by atoms with E-state index in [1.807, 2.05) is 0 Å². The Morgan fingerprint density at radius 1 is 1.43 bits per heavy atom. The fourth-order valence-corrected chi connectivity index (χ4v) is 1.85. The zero-order chi connectivity index (χ0) is 15.4. The van der Waals surface area contributed by atoms with Gasteiger partial charge in [-0.1, -0.05) is 0 Å². The molecular formula is C13H14FN3O4. The third-order valence-corrected chi connectivity index (χ3v) is 2.97. The summed E-state index contributed by atoms with van der Waals surface area (Å²) in [6.45, 7) is 0.213. The Balaban J connectivity index is 2.07. The van der Waals surface area contributed by atoms with E-state index in [-0.39, 0.29) is 30.2 Å². The van der Waals surface area contributed by atoms with Gasteiger partial charge < -0.3 is 15.4 Å². The molecule has 1 fully saturated rings. The van der Waals surface area contributed by atoms with Crippen molar-refractivity contribution in [2.24, 2.45) is 0 Å². The highest BCUT2D eigenvalue weighted by molar-refractivity contribution is 5.98. The summed E-state index contributed by atoms with van der Waals surface area (Å²) in [5.41, 5.74) is 0.000654. The number of carbonyl (C=O) groups is 3. The number of hydrogen-bond donors (Lipinski definition) is 3. The van der Waals surface area contributed by atoms with Gasteiger partial charge in [-0.25, -0.2) is 9.18 Å². The summed E-state index contributed by atoms with van der Waals surface area (Å²) >= 11 is 0. The predicted octanol–water partition coefficient (Wildman–Crippen LogP) is -0.361. The number of carbonyl (C=O) groups excluding carboxylic acids is 3. The summed E-state index contributed by atoms with van der Waals surface area (Å²) in [5.74, 6) is -2.14. The second-order valence-corrected chi connectivity index (χ2v) is 4.41. The van der Waals surface area contributed by atoms with Gasteiger partial charge in [-0.15, -0.1) is 0 Å². The summed E-state index contributed by atoms with van der Waals surface area (Å²) in [7, 11) is 1.14. The lowest BCUT2D eigenvalue weighted by atomic mass is 10.1. The highest BCUT2D eigenvalue weighted by Gasteiger charge is 2.24. The molecule has 1 aromatic rings. The standard InChI is InChI=1S/C13H14FN3O4/c1-21-13(20)8-4-7(2-3-9(8)14)17-12(19)10-5-16-11(18)6-15-10/h2-4,10,15H,5-6H2,1H3,(H,16,18)(H,17,19). The van der Waals surface area contributed by atoms with E-state index < -0.39 is 23.7 Å². The maximum absolute atomic E-state index is 13.5. The quantitative estimate of drug-likeness (QED) is 0.662. The lowest BCUT2D eigenvalue weighted by molar-refractivity contribution is -0.124. The predicted molar refractivity (Wildman–Crippen MR) is 71.2 cm³/mol. The Bertz CT molecular complexity index is 581. The molecular weight excluding hydrogens is 281 g/mol. The zero-order valence-corrected chi connectivity index (χ0v) is 11.2. The fourth-order valence-electron chi connectivity index (χ4n) is 1.85. The minimum Gasteiger partial charge on any atom is -0.465 e. The highest BCUT2D eigenvalue weighted by atomic mass is 19.1. The first kappa shape index (κ1) is 14.9. The van der Waals surface area contributed by atoms with Gasteiger partial charge in [0.15, 0.2) is 0 Å². The van der Waals surface area contributed by atoms with Gasteiger partial charge in [0.05, 0.1) is 19.2 Å². The van der Waals surface area contributed by atoms with Crippen LogP contribution in [0.5, 0.6) is 0 Å². The molecule has 0 aliphatic carbocycles. The van der Waals surface area contributed by atoms with Crippen LogP contribution in [0.3, 0.4) is 0 Å². The molecule has 1 atom stereocenters. The molecule has 3 N–H and O–H groups in total. The number of halogens is 1. The van der Waals surface area contributed by atoms with Gasteiger partial charge in [0.1, 0.15) is 11.9 Å². The van der Waals surface area contributed by atoms with Crippen LogP contribution < -0.4 is 16.0 Å². The SMILES string of the molecule is COC(=O)c1cc(NC(=O)C2CNC(=O)CN2)ccc1F. The number of piperazine rings is 1. The summed E-state index contributed by atoms with van der Waals surface area (Å²) in [5, 5.41) is 7.86. The van der Waals surface area contributed by atoms with Gasteiger partial charge >= 0.3 is 5.97 Å². The number of benzene rings is 1. The summed E-state index contributed by atoms with van der Waals surface area (Å²) < 4.78 is 17.9. The first-order chi connectivity index (χ1) is 10.0. The number of amides is 2. The van der Waals surface area contributed by atoms with Crippen LogP contribution in [-0.4, -0.2) is 44.0 Å². The van der Waals surface area contributed by atoms with Crippen molar-refractivity contribution in [3.8, 4) is 0 Å². The van der Waals surface area contributed by atoms with Crippen LogP contribution in [0.2, 0.25) is 0 Å². The monoisotopic (exact) mass is 295 g/mol. The summed E-state index contributed by atoms with van der Waals surface area (Å²) in [6.07, 6.45) is 0. The molecule has 0 aromatic heterocycles. The Kier molecular flexibility index (Phi) is 4.49. The Labute approximate surface area is 119 Å². The Hall–Kier alpha value is -2.48.